The second kappa shape index (κ2) is 16.5. The number of pyridine rings is 2. The van der Waals surface area contributed by atoms with Gasteiger partial charge >= 0.3 is 0 Å². The second-order valence-electron chi connectivity index (χ2n) is 19.2. The Bertz CT molecular complexity index is 3960. The third-order valence-electron chi connectivity index (χ3n) is 14.7. The number of rotatable bonds is 9. The number of carbonyl (C=O) groups is 2. The SMILES string of the molecule is C=CC(=O)N(C1CC1)[C@@H]1Cn2c(c(-c3cnc4cc(/C=C/C(=O)N(C(C)C)[C@@H]5Cn6c(c(-c7cnc8ccccc8c7)c7c(N)ncnc76)-c6ccccc65)ccc4c3)c3c(N)ncnc32)-c2ccccc21. The number of amides is 2. The van der Waals surface area contributed by atoms with E-state index in [2.05, 4.69) is 82.0 Å². The lowest BCUT2D eigenvalue weighted by Crippen LogP contribution is -2.42. The van der Waals surface area contributed by atoms with E-state index >= 15 is 0 Å². The highest BCUT2D eigenvalue weighted by Gasteiger charge is 2.42. The molecule has 2 aliphatic heterocycles. The lowest BCUT2D eigenvalue weighted by atomic mass is 9.89. The lowest BCUT2D eigenvalue weighted by Gasteiger charge is -2.39. The Balaban J connectivity index is 0.839. The fraction of sp³-hybridized carbons (Fsp3) is 0.172. The molecule has 14 heteroatoms. The molecule has 1 fully saturated rings. The Morgan fingerprint density at radius 1 is 0.653 bits per heavy atom. The summed E-state index contributed by atoms with van der Waals surface area (Å²) in [7, 11) is 0. The summed E-state index contributed by atoms with van der Waals surface area (Å²) in [4.78, 5) is 60.4. The molecule has 4 aromatic carbocycles. The third kappa shape index (κ3) is 6.69. The summed E-state index contributed by atoms with van der Waals surface area (Å²) >= 11 is 0. The molecule has 3 aliphatic rings. The van der Waals surface area contributed by atoms with Gasteiger partial charge in [0.2, 0.25) is 11.8 Å². The van der Waals surface area contributed by atoms with Gasteiger partial charge < -0.3 is 30.4 Å². The molecule has 0 bridgehead atoms. The Hall–Kier alpha value is -9.04. The molecule has 72 heavy (non-hydrogen) atoms. The van der Waals surface area contributed by atoms with Crippen LogP contribution in [-0.2, 0) is 22.7 Å². The topological polar surface area (TPSA) is 180 Å². The predicted octanol–water partition coefficient (Wildman–Crippen LogP) is 10.3. The van der Waals surface area contributed by atoms with Gasteiger partial charge in [0, 0.05) is 87.8 Å². The lowest BCUT2D eigenvalue weighted by molar-refractivity contribution is -0.131. The van der Waals surface area contributed by atoms with Crippen molar-refractivity contribution in [3.8, 4) is 44.8 Å². The van der Waals surface area contributed by atoms with Crippen LogP contribution in [0.5, 0.6) is 0 Å². The molecule has 2 atom stereocenters. The van der Waals surface area contributed by atoms with E-state index in [9.17, 15) is 9.59 Å². The van der Waals surface area contributed by atoms with Crippen LogP contribution in [0.2, 0.25) is 0 Å². The summed E-state index contributed by atoms with van der Waals surface area (Å²) in [5.41, 5.74) is 27.0. The van der Waals surface area contributed by atoms with Crippen LogP contribution in [0.15, 0.2) is 147 Å². The largest absolute Gasteiger partial charge is 0.383 e. The van der Waals surface area contributed by atoms with Crippen LogP contribution in [-0.4, -0.2) is 72.7 Å². The number of anilines is 2. The molecule has 13 rings (SSSR count). The number of nitrogens with zero attached hydrogens (tertiary/aromatic N) is 10. The number of hydrogen-bond donors (Lipinski definition) is 2. The van der Waals surface area contributed by atoms with E-state index in [1.807, 2.05) is 88.9 Å². The van der Waals surface area contributed by atoms with Crippen molar-refractivity contribution < 1.29 is 9.59 Å². The smallest absolute Gasteiger partial charge is 0.247 e. The molecule has 0 radical (unpaired) electrons. The molecule has 352 valence electrons. The van der Waals surface area contributed by atoms with E-state index < -0.39 is 0 Å². The van der Waals surface area contributed by atoms with Gasteiger partial charge in [-0.1, -0.05) is 85.4 Å². The van der Waals surface area contributed by atoms with Gasteiger partial charge in [0.1, 0.15) is 35.6 Å². The molecule has 14 nitrogen and oxygen atoms in total. The highest BCUT2D eigenvalue weighted by atomic mass is 16.2. The number of hydrogen-bond acceptors (Lipinski definition) is 10. The zero-order valence-corrected chi connectivity index (χ0v) is 39.6. The van der Waals surface area contributed by atoms with Gasteiger partial charge in [-0.25, -0.2) is 19.9 Å². The summed E-state index contributed by atoms with van der Waals surface area (Å²) in [6, 6.07) is 34.4. The van der Waals surface area contributed by atoms with Crippen molar-refractivity contribution in [3.63, 3.8) is 0 Å². The molecule has 1 aliphatic carbocycles. The maximum absolute atomic E-state index is 14.7. The molecule has 4 N–H and O–H groups in total. The highest BCUT2D eigenvalue weighted by Crippen LogP contribution is 2.51. The minimum atomic E-state index is -0.322. The zero-order valence-electron chi connectivity index (χ0n) is 39.6. The maximum Gasteiger partial charge on any atom is 0.247 e. The molecular formula is C58H48N12O2. The summed E-state index contributed by atoms with van der Waals surface area (Å²) in [5, 5.41) is 3.43. The van der Waals surface area contributed by atoms with Crippen molar-refractivity contribution in [3.05, 3.63) is 164 Å². The van der Waals surface area contributed by atoms with Crippen molar-refractivity contribution in [1.82, 2.24) is 48.8 Å². The van der Waals surface area contributed by atoms with E-state index in [1.54, 1.807) is 6.08 Å². The fourth-order valence-electron chi connectivity index (χ4n) is 11.5. The van der Waals surface area contributed by atoms with E-state index in [4.69, 9.17) is 31.4 Å². The van der Waals surface area contributed by atoms with Crippen LogP contribution < -0.4 is 11.5 Å². The number of carbonyl (C=O) groups excluding carboxylic acids is 2. The number of para-hydroxylation sites is 1. The molecule has 1 saturated carbocycles. The summed E-state index contributed by atoms with van der Waals surface area (Å²) in [6.07, 6.45) is 13.6. The van der Waals surface area contributed by atoms with Gasteiger partial charge in [-0.05, 0) is 79.8 Å². The van der Waals surface area contributed by atoms with Gasteiger partial charge in [-0.3, -0.25) is 19.6 Å². The summed E-state index contributed by atoms with van der Waals surface area (Å²) in [5.74, 6) is 0.556. The molecule has 6 aromatic heterocycles. The molecule has 2 amide bonds. The van der Waals surface area contributed by atoms with E-state index in [0.717, 1.165) is 107 Å². The first-order valence-electron chi connectivity index (χ1n) is 24.3. The molecule has 0 unspecified atom stereocenters. The maximum atomic E-state index is 14.7. The zero-order chi connectivity index (χ0) is 48.9. The Kier molecular flexibility index (Phi) is 9.89. The average Bonchev–Trinajstić information content (AvgIpc) is 4.10. The van der Waals surface area contributed by atoms with Gasteiger partial charge in [0.25, 0.3) is 0 Å². The van der Waals surface area contributed by atoms with Crippen LogP contribution >= 0.6 is 0 Å². The fourth-order valence-corrected chi connectivity index (χ4v) is 11.5. The van der Waals surface area contributed by atoms with Crippen LogP contribution in [0.25, 0.3) is 94.7 Å². The highest BCUT2D eigenvalue weighted by molar-refractivity contribution is 6.11. The monoisotopic (exact) mass is 944 g/mol. The molecule has 0 saturated heterocycles. The van der Waals surface area contributed by atoms with E-state index in [-0.39, 0.29) is 36.0 Å². The van der Waals surface area contributed by atoms with Crippen molar-refractivity contribution in [2.24, 2.45) is 0 Å². The minimum Gasteiger partial charge on any atom is -0.383 e. The predicted molar refractivity (Wildman–Crippen MR) is 283 cm³/mol. The van der Waals surface area contributed by atoms with Gasteiger partial charge in [-0.15, -0.1) is 0 Å². The number of fused-ring (bicyclic) bond motifs is 12. The summed E-state index contributed by atoms with van der Waals surface area (Å²) in [6.45, 7) is 8.90. The standard InChI is InChI=1S/C58H48N12O2/c1-4-47(71)70(38-20-21-38)46-29-68-54(42-15-9-7-13-40(42)46)50(52-56(60)64-31-66-58(52)68)37-25-35-19-17-33(23-44(35)62-27-37)18-22-48(72)69(32(2)3)45-28-67-53(41-14-8-6-12-39(41)45)49(51-55(59)63-30-65-57(51)67)36-24-34-11-5-10-16-43(34)61-26-36/h4-19,22-27,30-32,38,45-46H,1,20-21,28-29H2,2-3H3,(H2,59,63,65)(H2,60,64,66)/b22-18+/t45-,46-/m1/s1. The summed E-state index contributed by atoms with van der Waals surface area (Å²) < 4.78 is 4.38. The van der Waals surface area contributed by atoms with Crippen molar-refractivity contribution in [1.29, 1.82) is 0 Å². The Morgan fingerprint density at radius 3 is 1.82 bits per heavy atom. The molecule has 8 heterocycles. The normalized spacial score (nSPS) is 16.0. The van der Waals surface area contributed by atoms with Crippen LogP contribution in [0.4, 0.5) is 11.6 Å². The van der Waals surface area contributed by atoms with E-state index in [0.29, 0.717) is 36.0 Å². The van der Waals surface area contributed by atoms with Gasteiger partial charge in [-0.2, -0.15) is 0 Å². The Morgan fingerprint density at radius 2 is 1.21 bits per heavy atom. The first-order chi connectivity index (χ1) is 35.2. The van der Waals surface area contributed by atoms with Crippen LogP contribution in [0, 0.1) is 0 Å². The second-order valence-corrected chi connectivity index (χ2v) is 19.2. The minimum absolute atomic E-state index is 0.0756. The first kappa shape index (κ1) is 43.0. The molecule has 10 aromatic rings. The average molecular weight is 945 g/mol. The number of nitrogens with two attached hydrogens (primary N) is 2. The van der Waals surface area contributed by atoms with Gasteiger partial charge in [0.15, 0.2) is 0 Å². The molecular weight excluding hydrogens is 897 g/mol. The number of benzene rings is 4. The van der Waals surface area contributed by atoms with Crippen molar-refractivity contribution in [2.45, 2.75) is 63.9 Å². The number of aromatic nitrogens is 8. The van der Waals surface area contributed by atoms with Crippen molar-refractivity contribution >= 4 is 73.4 Å². The molecule has 0 spiro atoms. The van der Waals surface area contributed by atoms with Gasteiger partial charge in [0.05, 0.1) is 45.3 Å². The quantitative estimate of drug-likeness (QED) is 0.132. The first-order valence-corrected chi connectivity index (χ1v) is 24.3. The van der Waals surface area contributed by atoms with Crippen LogP contribution in [0.1, 0.15) is 55.5 Å². The number of nitrogen functional groups attached to an aromatic ring is 2. The Labute approximate surface area is 414 Å². The third-order valence-corrected chi connectivity index (χ3v) is 14.7. The van der Waals surface area contributed by atoms with E-state index in [1.165, 1.54) is 18.7 Å². The van der Waals surface area contributed by atoms with Crippen molar-refractivity contribution in [2.75, 3.05) is 11.5 Å². The van der Waals surface area contributed by atoms with Crippen LogP contribution in [0.3, 0.4) is 0 Å².